The van der Waals surface area contributed by atoms with E-state index in [1.165, 1.54) is 5.39 Å². The van der Waals surface area contributed by atoms with Gasteiger partial charge in [0, 0.05) is 11.1 Å². The predicted molar refractivity (Wildman–Crippen MR) is 146 cm³/mol. The molecule has 0 aliphatic heterocycles. The van der Waals surface area contributed by atoms with Gasteiger partial charge in [0.15, 0.2) is 11.6 Å². The van der Waals surface area contributed by atoms with E-state index in [9.17, 15) is 9.59 Å². The molecule has 5 aromatic carbocycles. The second kappa shape index (κ2) is 10.9. The Balaban J connectivity index is 0.000000179. The van der Waals surface area contributed by atoms with E-state index in [0.717, 1.165) is 49.9 Å². The van der Waals surface area contributed by atoms with E-state index in [1.807, 2.05) is 72.8 Å². The van der Waals surface area contributed by atoms with Gasteiger partial charge in [0.05, 0.1) is 14.2 Å². The Bertz CT molecular complexity index is 1550. The van der Waals surface area contributed by atoms with E-state index in [0.29, 0.717) is 0 Å². The summed E-state index contributed by atoms with van der Waals surface area (Å²) in [4.78, 5) is 22.5. The number of ether oxygens (including phenoxy) is 2. The molecular formula is C32H28O4. The third-order valence-electron chi connectivity index (χ3n) is 6.13. The van der Waals surface area contributed by atoms with Crippen molar-refractivity contribution < 1.29 is 19.1 Å². The van der Waals surface area contributed by atoms with E-state index in [-0.39, 0.29) is 11.6 Å². The zero-order valence-corrected chi connectivity index (χ0v) is 20.9. The van der Waals surface area contributed by atoms with Gasteiger partial charge >= 0.3 is 0 Å². The highest BCUT2D eigenvalue weighted by Gasteiger charge is 2.04. The van der Waals surface area contributed by atoms with Crippen LogP contribution in [0.4, 0.5) is 0 Å². The minimum atomic E-state index is 0.0900. The Morgan fingerprint density at radius 2 is 0.889 bits per heavy atom. The third kappa shape index (κ3) is 5.61. The van der Waals surface area contributed by atoms with Gasteiger partial charge in [-0.3, -0.25) is 9.59 Å². The van der Waals surface area contributed by atoms with Crippen LogP contribution in [-0.4, -0.2) is 25.8 Å². The fourth-order valence-electron chi connectivity index (χ4n) is 4.00. The minimum Gasteiger partial charge on any atom is -0.497 e. The average Bonchev–Trinajstić information content (AvgIpc) is 2.92. The molecule has 5 aromatic rings. The number of benzene rings is 5. The quantitative estimate of drug-likeness (QED) is 0.243. The van der Waals surface area contributed by atoms with Crippen molar-refractivity contribution in [1.82, 2.24) is 0 Å². The van der Waals surface area contributed by atoms with Gasteiger partial charge in [-0.2, -0.15) is 0 Å². The Kier molecular flexibility index (Phi) is 7.45. The van der Waals surface area contributed by atoms with Crippen LogP contribution >= 0.6 is 0 Å². The second-order valence-corrected chi connectivity index (χ2v) is 8.55. The molecule has 5 rings (SSSR count). The van der Waals surface area contributed by atoms with Gasteiger partial charge in [0.25, 0.3) is 0 Å². The van der Waals surface area contributed by atoms with Gasteiger partial charge in [0.1, 0.15) is 11.5 Å². The summed E-state index contributed by atoms with van der Waals surface area (Å²) >= 11 is 0. The van der Waals surface area contributed by atoms with Crippen LogP contribution in [0.5, 0.6) is 11.5 Å². The molecule has 0 aromatic heterocycles. The van der Waals surface area contributed by atoms with Crippen LogP contribution in [0.15, 0.2) is 97.1 Å². The predicted octanol–water partition coefficient (Wildman–Crippen LogP) is 7.77. The van der Waals surface area contributed by atoms with Crippen LogP contribution in [0.25, 0.3) is 32.7 Å². The molecule has 0 aliphatic rings. The number of carbonyl (C=O) groups is 2. The van der Waals surface area contributed by atoms with Gasteiger partial charge in [-0.15, -0.1) is 0 Å². The van der Waals surface area contributed by atoms with Crippen LogP contribution < -0.4 is 9.47 Å². The number of hydrogen-bond acceptors (Lipinski definition) is 4. The van der Waals surface area contributed by atoms with Crippen molar-refractivity contribution in [3.05, 3.63) is 108 Å². The Hall–Kier alpha value is -4.44. The SMILES string of the molecule is COc1ccc2cc(-c3ccc(C(C)=O)cc3)ccc2c1.COc1ccc2cc(C(C)=O)ccc2c1. The number of hydrogen-bond donors (Lipinski definition) is 0. The summed E-state index contributed by atoms with van der Waals surface area (Å²) in [6.07, 6.45) is 0. The lowest BCUT2D eigenvalue weighted by molar-refractivity contribution is 0.100. The summed E-state index contributed by atoms with van der Waals surface area (Å²) < 4.78 is 10.4. The zero-order chi connectivity index (χ0) is 25.7. The number of rotatable bonds is 5. The van der Waals surface area contributed by atoms with E-state index >= 15 is 0 Å². The van der Waals surface area contributed by atoms with Gasteiger partial charge < -0.3 is 9.47 Å². The molecular weight excluding hydrogens is 448 g/mol. The average molecular weight is 477 g/mol. The van der Waals surface area contributed by atoms with Crippen molar-refractivity contribution in [3.63, 3.8) is 0 Å². The lowest BCUT2D eigenvalue weighted by Gasteiger charge is -2.06. The minimum absolute atomic E-state index is 0.0900. The van der Waals surface area contributed by atoms with Crippen molar-refractivity contribution in [2.45, 2.75) is 13.8 Å². The zero-order valence-electron chi connectivity index (χ0n) is 20.9. The highest BCUT2D eigenvalue weighted by molar-refractivity contribution is 5.98. The molecule has 4 nitrogen and oxygen atoms in total. The maximum Gasteiger partial charge on any atom is 0.159 e. The summed E-state index contributed by atoms with van der Waals surface area (Å²) in [7, 11) is 3.32. The summed E-state index contributed by atoms with van der Waals surface area (Å²) in [6.45, 7) is 3.16. The topological polar surface area (TPSA) is 52.6 Å². The molecule has 0 spiro atoms. The first-order valence-corrected chi connectivity index (χ1v) is 11.7. The summed E-state index contributed by atoms with van der Waals surface area (Å²) in [6, 6.07) is 31.6. The van der Waals surface area contributed by atoms with Gasteiger partial charge in [-0.1, -0.05) is 60.7 Å². The molecule has 0 unspecified atom stereocenters. The first-order chi connectivity index (χ1) is 17.4. The highest BCUT2D eigenvalue weighted by atomic mass is 16.5. The number of carbonyl (C=O) groups excluding carboxylic acids is 2. The Labute approximate surface area is 211 Å². The number of fused-ring (bicyclic) bond motifs is 2. The summed E-state index contributed by atoms with van der Waals surface area (Å²) in [5.74, 6) is 1.87. The summed E-state index contributed by atoms with van der Waals surface area (Å²) in [5.41, 5.74) is 3.73. The Morgan fingerprint density at radius 3 is 1.42 bits per heavy atom. The maximum absolute atomic E-state index is 11.3. The molecule has 0 amide bonds. The van der Waals surface area contributed by atoms with Crippen molar-refractivity contribution in [3.8, 4) is 22.6 Å². The molecule has 0 N–H and O–H groups in total. The van der Waals surface area contributed by atoms with E-state index in [1.54, 1.807) is 28.1 Å². The molecule has 0 heterocycles. The second-order valence-electron chi connectivity index (χ2n) is 8.55. The van der Waals surface area contributed by atoms with Crippen LogP contribution in [0.1, 0.15) is 34.6 Å². The molecule has 0 saturated carbocycles. The number of methoxy groups -OCH3 is 2. The molecule has 36 heavy (non-hydrogen) atoms. The molecule has 0 aliphatic carbocycles. The number of Topliss-reactive ketones (excluding diaryl/α,β-unsaturated/α-hetero) is 2. The lowest BCUT2D eigenvalue weighted by atomic mass is 9.99. The first kappa shape index (κ1) is 24.7. The van der Waals surface area contributed by atoms with E-state index in [2.05, 4.69) is 24.3 Å². The standard InChI is InChI=1S/C19H16O2.C13H12O2/c1-13(20)14-3-5-15(6-4-14)16-7-8-18-12-19(21-2)10-9-17(18)11-16;1-9(14)10-3-4-12-8-13(15-2)6-5-11(12)7-10/h3-12H,1-2H3;3-8H,1-2H3. The maximum atomic E-state index is 11.3. The fourth-order valence-corrected chi connectivity index (χ4v) is 4.00. The molecule has 0 saturated heterocycles. The Morgan fingerprint density at radius 1 is 0.472 bits per heavy atom. The van der Waals surface area contributed by atoms with Gasteiger partial charge in [0.2, 0.25) is 0 Å². The molecule has 4 heteroatoms. The van der Waals surface area contributed by atoms with Gasteiger partial charge in [-0.05, 0) is 82.9 Å². The normalized spacial score (nSPS) is 10.4. The van der Waals surface area contributed by atoms with Crippen LogP contribution in [-0.2, 0) is 0 Å². The van der Waals surface area contributed by atoms with Crippen molar-refractivity contribution in [2.24, 2.45) is 0 Å². The molecule has 0 radical (unpaired) electrons. The van der Waals surface area contributed by atoms with Crippen molar-refractivity contribution >= 4 is 33.1 Å². The third-order valence-corrected chi connectivity index (χ3v) is 6.13. The lowest BCUT2D eigenvalue weighted by Crippen LogP contribution is -1.91. The molecule has 180 valence electrons. The fraction of sp³-hybridized carbons (Fsp3) is 0.125. The van der Waals surface area contributed by atoms with Crippen LogP contribution in [0, 0.1) is 0 Å². The largest absolute Gasteiger partial charge is 0.497 e. The molecule has 0 fully saturated rings. The van der Waals surface area contributed by atoms with E-state index < -0.39 is 0 Å². The molecule has 0 bridgehead atoms. The monoisotopic (exact) mass is 476 g/mol. The first-order valence-electron chi connectivity index (χ1n) is 11.7. The smallest absolute Gasteiger partial charge is 0.159 e. The highest BCUT2D eigenvalue weighted by Crippen LogP contribution is 2.27. The van der Waals surface area contributed by atoms with Crippen LogP contribution in [0.2, 0.25) is 0 Å². The summed E-state index contributed by atoms with van der Waals surface area (Å²) in [5, 5.41) is 4.46. The van der Waals surface area contributed by atoms with Crippen molar-refractivity contribution in [2.75, 3.05) is 14.2 Å². The number of ketones is 2. The van der Waals surface area contributed by atoms with E-state index in [4.69, 9.17) is 9.47 Å². The van der Waals surface area contributed by atoms with Gasteiger partial charge in [-0.25, -0.2) is 0 Å². The molecule has 0 atom stereocenters. The van der Waals surface area contributed by atoms with Crippen molar-refractivity contribution in [1.29, 1.82) is 0 Å². The van der Waals surface area contributed by atoms with Crippen LogP contribution in [0.3, 0.4) is 0 Å².